The molecule has 0 saturated heterocycles. The van der Waals surface area contributed by atoms with E-state index in [0.29, 0.717) is 6.54 Å². The zero-order valence-corrected chi connectivity index (χ0v) is 12.9. The first kappa shape index (κ1) is 15.0. The Balaban J connectivity index is 2.07. The van der Waals surface area contributed by atoms with E-state index < -0.39 is 5.54 Å². The van der Waals surface area contributed by atoms with Crippen LogP contribution in [0.15, 0.2) is 29.5 Å². The van der Waals surface area contributed by atoms with Crippen molar-refractivity contribution in [1.82, 2.24) is 15.2 Å². The summed E-state index contributed by atoms with van der Waals surface area (Å²) in [6.45, 7) is 3.34. The van der Waals surface area contributed by atoms with Crippen LogP contribution in [-0.2, 0) is 4.79 Å². The van der Waals surface area contributed by atoms with Crippen molar-refractivity contribution in [3.05, 3.63) is 30.1 Å². The fourth-order valence-corrected chi connectivity index (χ4v) is 3.24. The van der Waals surface area contributed by atoms with Crippen LogP contribution < -0.4 is 5.32 Å². The highest BCUT2D eigenvalue weighted by molar-refractivity contribution is 8.12. The van der Waals surface area contributed by atoms with E-state index in [1.54, 1.807) is 29.7 Å². The molecule has 20 heavy (non-hydrogen) atoms. The molecule has 6 heteroatoms. The number of amides is 1. The Labute approximate surface area is 123 Å². The van der Waals surface area contributed by atoms with Gasteiger partial charge in [-0.3, -0.25) is 14.8 Å². The summed E-state index contributed by atoms with van der Waals surface area (Å²) in [5.41, 5.74) is 2.10. The number of rotatable bonds is 5. The molecule has 1 aliphatic heterocycles. The predicted octanol–water partition coefficient (Wildman–Crippen LogP) is 1.33. The number of carbonyl (C=O) groups is 1. The van der Waals surface area contributed by atoms with Crippen LogP contribution in [0.2, 0.25) is 0 Å². The molecule has 1 aromatic heterocycles. The zero-order valence-electron chi connectivity index (χ0n) is 12.0. The molecule has 1 amide bonds. The second kappa shape index (κ2) is 6.37. The molecule has 5 nitrogen and oxygen atoms in total. The lowest BCUT2D eigenvalue weighted by Crippen LogP contribution is -2.46. The number of hydrogen-bond acceptors (Lipinski definition) is 5. The minimum atomic E-state index is -0.752. The van der Waals surface area contributed by atoms with Gasteiger partial charge in [-0.05, 0) is 38.7 Å². The van der Waals surface area contributed by atoms with Gasteiger partial charge in [0.1, 0.15) is 0 Å². The molecule has 1 aliphatic rings. The van der Waals surface area contributed by atoms with Gasteiger partial charge >= 0.3 is 0 Å². The van der Waals surface area contributed by atoms with Crippen LogP contribution in [-0.4, -0.2) is 54.1 Å². The van der Waals surface area contributed by atoms with Gasteiger partial charge in [0, 0.05) is 25.5 Å². The number of nitrogens with one attached hydrogen (secondary N) is 1. The standard InChI is InChI=1S/C14H20N4OS/c1-14(13(19)16-8-9-18(2)3)12(20-10-17-14)11-4-6-15-7-5-11/h4-7,10,12H,8-9H2,1-3H3,(H,16,19). The molecule has 1 aromatic rings. The topological polar surface area (TPSA) is 57.6 Å². The van der Waals surface area contributed by atoms with Gasteiger partial charge in [-0.2, -0.15) is 0 Å². The molecular weight excluding hydrogens is 272 g/mol. The van der Waals surface area contributed by atoms with Crippen molar-refractivity contribution in [2.45, 2.75) is 17.7 Å². The molecule has 1 N–H and O–H groups in total. The molecule has 0 aliphatic carbocycles. The van der Waals surface area contributed by atoms with Crippen LogP contribution in [0.4, 0.5) is 0 Å². The highest BCUT2D eigenvalue weighted by atomic mass is 32.2. The van der Waals surface area contributed by atoms with Crippen LogP contribution >= 0.6 is 11.8 Å². The highest BCUT2D eigenvalue weighted by Crippen LogP contribution is 2.44. The molecule has 2 heterocycles. The van der Waals surface area contributed by atoms with Gasteiger partial charge in [-0.15, -0.1) is 11.8 Å². The van der Waals surface area contributed by atoms with Gasteiger partial charge in [0.25, 0.3) is 0 Å². The maximum absolute atomic E-state index is 12.5. The number of nitrogens with zero attached hydrogens (tertiary/aromatic N) is 3. The Hall–Kier alpha value is -1.40. The third-order valence-corrected chi connectivity index (χ3v) is 4.57. The zero-order chi connectivity index (χ0) is 14.6. The summed E-state index contributed by atoms with van der Waals surface area (Å²) in [7, 11) is 3.97. The molecule has 0 bridgehead atoms. The number of thioether (sulfide) groups is 1. The van der Waals surface area contributed by atoms with Crippen molar-refractivity contribution in [3.63, 3.8) is 0 Å². The molecule has 0 radical (unpaired) electrons. The molecule has 108 valence electrons. The van der Waals surface area contributed by atoms with E-state index in [2.05, 4.69) is 15.3 Å². The van der Waals surface area contributed by atoms with E-state index in [-0.39, 0.29) is 11.2 Å². The summed E-state index contributed by atoms with van der Waals surface area (Å²) >= 11 is 1.58. The highest BCUT2D eigenvalue weighted by Gasteiger charge is 2.44. The maximum atomic E-state index is 12.5. The van der Waals surface area contributed by atoms with Crippen molar-refractivity contribution in [1.29, 1.82) is 0 Å². The molecule has 2 unspecified atom stereocenters. The number of likely N-dealkylation sites (N-methyl/N-ethyl adjacent to an activating group) is 1. The van der Waals surface area contributed by atoms with Crippen LogP contribution in [0.25, 0.3) is 0 Å². The number of aromatic nitrogens is 1. The number of carbonyl (C=O) groups excluding carboxylic acids is 1. The van der Waals surface area contributed by atoms with Gasteiger partial charge < -0.3 is 10.2 Å². The summed E-state index contributed by atoms with van der Waals surface area (Å²) < 4.78 is 0. The van der Waals surface area contributed by atoms with E-state index >= 15 is 0 Å². The van der Waals surface area contributed by atoms with Crippen molar-refractivity contribution < 1.29 is 4.79 Å². The lowest BCUT2D eigenvalue weighted by molar-refractivity contribution is -0.125. The monoisotopic (exact) mass is 292 g/mol. The van der Waals surface area contributed by atoms with Gasteiger partial charge in [-0.1, -0.05) is 0 Å². The smallest absolute Gasteiger partial charge is 0.249 e. The average molecular weight is 292 g/mol. The van der Waals surface area contributed by atoms with E-state index in [1.165, 1.54) is 0 Å². The molecule has 0 fully saturated rings. The molecule has 2 atom stereocenters. The fourth-order valence-electron chi connectivity index (χ4n) is 2.09. The Morgan fingerprint density at radius 1 is 1.45 bits per heavy atom. The molecule has 2 rings (SSSR count). The Morgan fingerprint density at radius 3 is 2.80 bits per heavy atom. The summed E-state index contributed by atoms with van der Waals surface area (Å²) in [5, 5.41) is 2.98. The van der Waals surface area contributed by atoms with Crippen LogP contribution in [0, 0.1) is 0 Å². The lowest BCUT2D eigenvalue weighted by Gasteiger charge is -2.27. The van der Waals surface area contributed by atoms with Crippen LogP contribution in [0.3, 0.4) is 0 Å². The van der Waals surface area contributed by atoms with Crippen LogP contribution in [0.5, 0.6) is 0 Å². The summed E-state index contributed by atoms with van der Waals surface area (Å²) in [6, 6.07) is 3.88. The fraction of sp³-hybridized carbons (Fsp3) is 0.500. The molecular formula is C14H20N4OS. The summed E-state index contributed by atoms with van der Waals surface area (Å²) in [4.78, 5) is 22.9. The number of hydrogen-bond donors (Lipinski definition) is 1. The third kappa shape index (κ3) is 3.19. The van der Waals surface area contributed by atoms with Crippen molar-refractivity contribution >= 4 is 23.2 Å². The minimum absolute atomic E-state index is 0.00450. The van der Waals surface area contributed by atoms with E-state index in [1.807, 2.05) is 38.1 Å². The second-order valence-electron chi connectivity index (χ2n) is 5.24. The maximum Gasteiger partial charge on any atom is 0.249 e. The van der Waals surface area contributed by atoms with Crippen molar-refractivity contribution in [2.24, 2.45) is 4.99 Å². The van der Waals surface area contributed by atoms with Crippen LogP contribution in [0.1, 0.15) is 17.7 Å². The second-order valence-corrected chi connectivity index (χ2v) is 6.19. The minimum Gasteiger partial charge on any atom is -0.353 e. The Morgan fingerprint density at radius 2 is 2.15 bits per heavy atom. The Kier molecular flexibility index (Phi) is 4.77. The Bertz CT molecular complexity index is 491. The summed E-state index contributed by atoms with van der Waals surface area (Å²) in [5.74, 6) is -0.0255. The SMILES string of the molecule is CN(C)CCNC(=O)C1(C)N=CSC1c1ccncc1. The molecule has 0 spiro atoms. The predicted molar refractivity (Wildman–Crippen MR) is 83.0 cm³/mol. The number of aliphatic imine (C=N–C) groups is 1. The lowest BCUT2D eigenvalue weighted by atomic mass is 9.92. The molecule has 0 aromatic carbocycles. The van der Waals surface area contributed by atoms with E-state index in [9.17, 15) is 4.79 Å². The first-order chi connectivity index (χ1) is 9.54. The van der Waals surface area contributed by atoms with E-state index in [4.69, 9.17) is 0 Å². The van der Waals surface area contributed by atoms with Gasteiger partial charge in [-0.25, -0.2) is 0 Å². The van der Waals surface area contributed by atoms with Crippen molar-refractivity contribution in [3.8, 4) is 0 Å². The normalized spacial score (nSPS) is 25.1. The molecule has 0 saturated carbocycles. The third-order valence-electron chi connectivity index (χ3n) is 3.34. The average Bonchev–Trinajstić information content (AvgIpc) is 2.82. The van der Waals surface area contributed by atoms with Gasteiger partial charge in [0.15, 0.2) is 5.54 Å². The van der Waals surface area contributed by atoms with E-state index in [0.717, 1.165) is 12.1 Å². The summed E-state index contributed by atoms with van der Waals surface area (Å²) in [6.07, 6.45) is 3.50. The van der Waals surface area contributed by atoms with Crippen molar-refractivity contribution in [2.75, 3.05) is 27.2 Å². The van der Waals surface area contributed by atoms with Gasteiger partial charge in [0.05, 0.1) is 10.8 Å². The van der Waals surface area contributed by atoms with Gasteiger partial charge in [0.2, 0.25) is 5.91 Å². The first-order valence-corrected chi connectivity index (χ1v) is 7.50. The first-order valence-electron chi connectivity index (χ1n) is 6.56. The number of pyridine rings is 1. The quantitative estimate of drug-likeness (QED) is 0.889. The largest absolute Gasteiger partial charge is 0.353 e.